The Morgan fingerprint density at radius 3 is 2.71 bits per heavy atom. The van der Waals surface area contributed by atoms with Gasteiger partial charge in [0.25, 0.3) is 0 Å². The van der Waals surface area contributed by atoms with Gasteiger partial charge >= 0.3 is 0 Å². The molecule has 0 atom stereocenters. The fraction of sp³-hybridized carbons (Fsp3) is 0.409. The Labute approximate surface area is 187 Å². The van der Waals surface area contributed by atoms with E-state index in [1.54, 1.807) is 23.9 Å². The Balaban J connectivity index is 1.49. The molecule has 1 aliphatic rings. The summed E-state index contributed by atoms with van der Waals surface area (Å²) >= 11 is 1.61. The fourth-order valence-electron chi connectivity index (χ4n) is 3.60. The van der Waals surface area contributed by atoms with Crippen LogP contribution in [-0.4, -0.2) is 60.9 Å². The van der Waals surface area contributed by atoms with Crippen LogP contribution in [0.2, 0.25) is 0 Å². The van der Waals surface area contributed by atoms with Crippen molar-refractivity contribution in [2.45, 2.75) is 30.4 Å². The minimum Gasteiger partial charge on any atom is -0.493 e. The zero-order chi connectivity index (χ0) is 21.8. The minimum atomic E-state index is -3.54. The van der Waals surface area contributed by atoms with Gasteiger partial charge in [0.1, 0.15) is 5.75 Å². The van der Waals surface area contributed by atoms with Crippen molar-refractivity contribution < 1.29 is 17.9 Å². The quantitative estimate of drug-likeness (QED) is 0.377. The molecule has 0 N–H and O–H groups in total. The number of imidazole rings is 1. The number of benzene rings is 2. The molecule has 0 radical (unpaired) electrons. The van der Waals surface area contributed by atoms with Crippen LogP contribution in [0.4, 0.5) is 0 Å². The van der Waals surface area contributed by atoms with E-state index in [1.807, 2.05) is 37.3 Å². The molecule has 1 saturated heterocycles. The predicted octanol–water partition coefficient (Wildman–Crippen LogP) is 3.56. The van der Waals surface area contributed by atoms with Crippen LogP contribution in [0.1, 0.15) is 12.5 Å². The molecular formula is C22H27N3O4S2. The van der Waals surface area contributed by atoms with Gasteiger partial charge in [0.2, 0.25) is 10.0 Å². The number of thioether (sulfide) groups is 1. The van der Waals surface area contributed by atoms with Gasteiger partial charge in [-0.15, -0.1) is 0 Å². The maximum Gasteiger partial charge on any atom is 0.243 e. The van der Waals surface area contributed by atoms with Gasteiger partial charge in [0, 0.05) is 25.4 Å². The van der Waals surface area contributed by atoms with Gasteiger partial charge < -0.3 is 14.0 Å². The normalized spacial score (nSPS) is 15.4. The van der Waals surface area contributed by atoms with Crippen molar-refractivity contribution in [3.63, 3.8) is 0 Å². The molecule has 166 valence electrons. The average molecular weight is 462 g/mol. The van der Waals surface area contributed by atoms with Crippen LogP contribution in [0, 0.1) is 6.92 Å². The van der Waals surface area contributed by atoms with Crippen LogP contribution < -0.4 is 4.74 Å². The molecule has 0 spiro atoms. The van der Waals surface area contributed by atoms with Crippen molar-refractivity contribution in [3.8, 4) is 5.75 Å². The SMILES string of the molecule is CCn1c(SCCOc2cccc(C)c2)nc2cc(S(=O)(=O)N3CCOCC3)ccc21. The molecule has 4 rings (SSSR count). The van der Waals surface area contributed by atoms with E-state index in [2.05, 4.69) is 11.5 Å². The minimum absolute atomic E-state index is 0.280. The van der Waals surface area contributed by atoms with Crippen LogP contribution in [0.25, 0.3) is 11.0 Å². The number of fused-ring (bicyclic) bond motifs is 1. The van der Waals surface area contributed by atoms with Crippen LogP contribution >= 0.6 is 11.8 Å². The van der Waals surface area contributed by atoms with E-state index in [0.717, 1.165) is 28.7 Å². The summed E-state index contributed by atoms with van der Waals surface area (Å²) in [7, 11) is -3.54. The largest absolute Gasteiger partial charge is 0.493 e. The first-order valence-electron chi connectivity index (χ1n) is 10.4. The highest BCUT2D eigenvalue weighted by atomic mass is 32.2. The zero-order valence-electron chi connectivity index (χ0n) is 17.8. The van der Waals surface area contributed by atoms with Crippen LogP contribution in [0.15, 0.2) is 52.5 Å². The van der Waals surface area contributed by atoms with E-state index in [9.17, 15) is 8.42 Å². The molecule has 31 heavy (non-hydrogen) atoms. The van der Waals surface area contributed by atoms with Crippen LogP contribution in [-0.2, 0) is 21.3 Å². The fourth-order valence-corrected chi connectivity index (χ4v) is 5.92. The van der Waals surface area contributed by atoms with E-state index >= 15 is 0 Å². The second-order valence-electron chi connectivity index (χ2n) is 7.32. The van der Waals surface area contributed by atoms with Gasteiger partial charge in [-0.2, -0.15) is 4.31 Å². The number of rotatable bonds is 8. The van der Waals surface area contributed by atoms with E-state index in [-0.39, 0.29) is 4.90 Å². The van der Waals surface area contributed by atoms with Crippen molar-refractivity contribution in [2.24, 2.45) is 0 Å². The van der Waals surface area contributed by atoms with Gasteiger partial charge in [-0.05, 0) is 49.7 Å². The first kappa shape index (κ1) is 22.1. The lowest BCUT2D eigenvalue weighted by Gasteiger charge is -2.26. The van der Waals surface area contributed by atoms with Gasteiger partial charge in [0.05, 0.1) is 35.7 Å². The standard InChI is InChI=1S/C22H27N3O4S2/c1-3-25-21-8-7-19(31(26,27)24-9-11-28-12-10-24)16-20(21)23-22(25)30-14-13-29-18-6-4-5-17(2)15-18/h4-8,15-16H,3,9-14H2,1-2H3. The van der Waals surface area contributed by atoms with Gasteiger partial charge in [-0.25, -0.2) is 13.4 Å². The molecular weight excluding hydrogens is 434 g/mol. The molecule has 7 nitrogen and oxygen atoms in total. The average Bonchev–Trinajstić information content (AvgIpc) is 3.14. The number of ether oxygens (including phenoxy) is 2. The zero-order valence-corrected chi connectivity index (χ0v) is 19.4. The molecule has 1 aliphatic heterocycles. The lowest BCUT2D eigenvalue weighted by molar-refractivity contribution is 0.0730. The maximum absolute atomic E-state index is 13.0. The smallest absolute Gasteiger partial charge is 0.243 e. The van der Waals surface area contributed by atoms with E-state index in [0.29, 0.717) is 38.4 Å². The number of sulfonamides is 1. The summed E-state index contributed by atoms with van der Waals surface area (Å²) < 4.78 is 40.7. The second-order valence-corrected chi connectivity index (χ2v) is 10.3. The Morgan fingerprint density at radius 2 is 1.97 bits per heavy atom. The number of aryl methyl sites for hydroxylation is 2. The van der Waals surface area contributed by atoms with Crippen molar-refractivity contribution >= 4 is 32.8 Å². The number of nitrogens with zero attached hydrogens (tertiary/aromatic N) is 3. The van der Waals surface area contributed by atoms with E-state index in [4.69, 9.17) is 14.5 Å². The summed E-state index contributed by atoms with van der Waals surface area (Å²) in [5, 5.41) is 0.867. The van der Waals surface area contributed by atoms with Gasteiger partial charge in [-0.3, -0.25) is 0 Å². The highest BCUT2D eigenvalue weighted by Gasteiger charge is 2.27. The molecule has 0 unspecified atom stereocenters. The molecule has 0 saturated carbocycles. The molecule has 3 aromatic rings. The van der Waals surface area contributed by atoms with Gasteiger partial charge in [-0.1, -0.05) is 23.9 Å². The summed E-state index contributed by atoms with van der Waals surface area (Å²) in [6.45, 7) is 7.04. The summed E-state index contributed by atoms with van der Waals surface area (Å²) in [6, 6.07) is 13.2. The Kier molecular flexibility index (Phi) is 6.86. The Bertz CT molecular complexity index is 1150. The second kappa shape index (κ2) is 9.60. The molecule has 0 aliphatic carbocycles. The predicted molar refractivity (Wildman–Crippen MR) is 122 cm³/mol. The number of morpholine rings is 1. The Hall–Kier alpha value is -2.07. The third kappa shape index (κ3) is 4.90. The molecule has 2 heterocycles. The highest BCUT2D eigenvalue weighted by Crippen LogP contribution is 2.27. The number of hydrogen-bond acceptors (Lipinski definition) is 6. The summed E-state index contributed by atoms with van der Waals surface area (Å²) in [5.74, 6) is 1.61. The molecule has 1 fully saturated rings. The third-order valence-corrected chi connectivity index (χ3v) is 8.02. The molecule has 1 aromatic heterocycles. The molecule has 2 aromatic carbocycles. The Morgan fingerprint density at radius 1 is 1.16 bits per heavy atom. The summed E-state index contributed by atoms with van der Waals surface area (Å²) in [4.78, 5) is 5.00. The summed E-state index contributed by atoms with van der Waals surface area (Å²) in [5.41, 5.74) is 2.80. The first-order chi connectivity index (χ1) is 15.0. The van der Waals surface area contributed by atoms with Crippen molar-refractivity contribution in [2.75, 3.05) is 38.7 Å². The lowest BCUT2D eigenvalue weighted by Crippen LogP contribution is -2.40. The first-order valence-corrected chi connectivity index (χ1v) is 12.8. The van der Waals surface area contributed by atoms with Gasteiger partial charge in [0.15, 0.2) is 5.16 Å². The van der Waals surface area contributed by atoms with Crippen LogP contribution in [0.5, 0.6) is 5.75 Å². The third-order valence-electron chi connectivity index (χ3n) is 5.18. The molecule has 0 bridgehead atoms. The highest BCUT2D eigenvalue weighted by molar-refractivity contribution is 7.99. The summed E-state index contributed by atoms with van der Waals surface area (Å²) in [6.07, 6.45) is 0. The van der Waals surface area contributed by atoms with E-state index < -0.39 is 10.0 Å². The van der Waals surface area contributed by atoms with Crippen molar-refractivity contribution in [3.05, 3.63) is 48.0 Å². The molecule has 9 heteroatoms. The number of hydrogen-bond donors (Lipinski definition) is 0. The number of aromatic nitrogens is 2. The maximum atomic E-state index is 13.0. The topological polar surface area (TPSA) is 73.7 Å². The van der Waals surface area contributed by atoms with E-state index in [1.165, 1.54) is 9.87 Å². The molecule has 0 amide bonds. The van der Waals surface area contributed by atoms with Crippen LogP contribution in [0.3, 0.4) is 0 Å². The lowest BCUT2D eigenvalue weighted by atomic mass is 10.2. The van der Waals surface area contributed by atoms with Crippen molar-refractivity contribution in [1.82, 2.24) is 13.9 Å². The van der Waals surface area contributed by atoms with Crippen molar-refractivity contribution in [1.29, 1.82) is 0 Å². The monoisotopic (exact) mass is 461 g/mol.